The topological polar surface area (TPSA) is 68.5 Å². The molecule has 5 nitrogen and oxygen atoms in total. The Kier molecular flexibility index (Phi) is 5.97. The Balaban J connectivity index is 1.99. The van der Waals surface area contributed by atoms with Gasteiger partial charge < -0.3 is 20.1 Å². The number of hydrogen-bond donors (Lipinski definition) is 3. The van der Waals surface area contributed by atoms with Crippen molar-refractivity contribution >= 4 is 8.53 Å². The van der Waals surface area contributed by atoms with Crippen molar-refractivity contribution in [3.8, 4) is 0 Å². The Labute approximate surface area is 93.0 Å². The zero-order valence-electron chi connectivity index (χ0n) is 9.58. The minimum atomic E-state index is -0.872. The van der Waals surface area contributed by atoms with E-state index < -0.39 is 8.53 Å². The van der Waals surface area contributed by atoms with Crippen molar-refractivity contribution in [2.24, 2.45) is 11.1 Å². The average molecular weight is 235 g/mol. The normalized spacial score (nSPS) is 21.8. The van der Waals surface area contributed by atoms with Gasteiger partial charge in [-0.2, -0.15) is 0 Å². The zero-order valence-corrected chi connectivity index (χ0v) is 10.5. The second kappa shape index (κ2) is 6.74. The molecule has 1 aliphatic rings. The van der Waals surface area contributed by atoms with E-state index in [1.54, 1.807) is 0 Å². The van der Waals surface area contributed by atoms with Crippen LogP contribution in [0.5, 0.6) is 0 Å². The molecule has 0 aliphatic carbocycles. The minimum absolute atomic E-state index is 0.151. The van der Waals surface area contributed by atoms with Crippen LogP contribution in [0.4, 0.5) is 0 Å². The first-order valence-electron chi connectivity index (χ1n) is 5.34. The van der Waals surface area contributed by atoms with Crippen molar-refractivity contribution < 1.29 is 9.05 Å². The Morgan fingerprint density at radius 3 is 2.47 bits per heavy atom. The molecule has 0 radical (unpaired) electrons. The third kappa shape index (κ3) is 5.76. The highest BCUT2D eigenvalue weighted by molar-refractivity contribution is 7.45. The predicted octanol–water partition coefficient (Wildman–Crippen LogP) is 0.424. The van der Waals surface area contributed by atoms with E-state index in [-0.39, 0.29) is 5.41 Å². The van der Waals surface area contributed by atoms with Crippen LogP contribution in [0.25, 0.3) is 0 Å². The lowest BCUT2D eigenvalue weighted by molar-refractivity contribution is 0.0583. The van der Waals surface area contributed by atoms with Crippen LogP contribution >= 0.6 is 8.53 Å². The van der Waals surface area contributed by atoms with Gasteiger partial charge in [0.25, 0.3) is 8.53 Å². The minimum Gasteiger partial charge on any atom is -0.329 e. The molecular weight excluding hydrogens is 213 g/mol. The maximum atomic E-state index is 5.58. The van der Waals surface area contributed by atoms with Gasteiger partial charge >= 0.3 is 0 Å². The fourth-order valence-corrected chi connectivity index (χ4v) is 2.58. The molecule has 1 heterocycles. The monoisotopic (exact) mass is 235 g/mol. The highest BCUT2D eigenvalue weighted by Gasteiger charge is 2.28. The molecule has 0 amide bonds. The second-order valence-corrected chi connectivity index (χ2v) is 5.76. The molecule has 1 fully saturated rings. The molecule has 0 aromatic rings. The summed E-state index contributed by atoms with van der Waals surface area (Å²) in [5, 5.41) is 6.44. The van der Waals surface area contributed by atoms with Gasteiger partial charge in [-0.05, 0) is 0 Å². The lowest BCUT2D eigenvalue weighted by atomic mass is 9.97. The fraction of sp³-hybridized carbons (Fsp3) is 1.00. The molecule has 0 bridgehead atoms. The smallest absolute Gasteiger partial charge is 0.255 e. The van der Waals surface area contributed by atoms with E-state index in [9.17, 15) is 0 Å². The largest absolute Gasteiger partial charge is 0.329 e. The van der Waals surface area contributed by atoms with Crippen LogP contribution < -0.4 is 16.1 Å². The van der Waals surface area contributed by atoms with E-state index in [1.807, 2.05) is 0 Å². The second-order valence-electron chi connectivity index (χ2n) is 4.41. The zero-order chi connectivity index (χ0) is 11.1. The van der Waals surface area contributed by atoms with Gasteiger partial charge in [-0.1, -0.05) is 13.8 Å². The van der Waals surface area contributed by atoms with Gasteiger partial charge in [0, 0.05) is 31.6 Å². The average Bonchev–Trinajstić information content (AvgIpc) is 2.20. The Bertz CT molecular complexity index is 171. The number of rotatable bonds is 6. The number of nitrogens with one attached hydrogen (secondary N) is 2. The molecule has 0 saturated carbocycles. The molecule has 1 rings (SSSR count). The summed E-state index contributed by atoms with van der Waals surface area (Å²) in [6, 6.07) is 0. The summed E-state index contributed by atoms with van der Waals surface area (Å²) in [5.41, 5.74) is 5.51. The highest BCUT2D eigenvalue weighted by atomic mass is 31.2. The van der Waals surface area contributed by atoms with Crippen molar-refractivity contribution in [2.45, 2.75) is 13.8 Å². The van der Waals surface area contributed by atoms with E-state index in [1.165, 1.54) is 0 Å². The Morgan fingerprint density at radius 2 is 1.87 bits per heavy atom. The molecule has 0 atom stereocenters. The van der Waals surface area contributed by atoms with Crippen LogP contribution in [-0.4, -0.2) is 39.4 Å². The first kappa shape index (κ1) is 13.3. The van der Waals surface area contributed by atoms with Crippen LogP contribution in [0.1, 0.15) is 13.8 Å². The van der Waals surface area contributed by atoms with Crippen LogP contribution in [0.3, 0.4) is 0 Å². The third-order valence-electron chi connectivity index (χ3n) is 2.01. The van der Waals surface area contributed by atoms with Gasteiger partial charge in [0.05, 0.1) is 13.2 Å². The maximum Gasteiger partial charge on any atom is 0.255 e. The molecule has 15 heavy (non-hydrogen) atoms. The van der Waals surface area contributed by atoms with E-state index >= 15 is 0 Å². The molecule has 0 aromatic heterocycles. The van der Waals surface area contributed by atoms with Crippen molar-refractivity contribution in [1.82, 2.24) is 10.4 Å². The van der Waals surface area contributed by atoms with Gasteiger partial charge in [-0.25, -0.2) is 5.09 Å². The van der Waals surface area contributed by atoms with E-state index in [0.29, 0.717) is 6.54 Å². The third-order valence-corrected chi connectivity index (χ3v) is 3.22. The van der Waals surface area contributed by atoms with Gasteiger partial charge in [-0.15, -0.1) is 0 Å². The van der Waals surface area contributed by atoms with Gasteiger partial charge in [0.1, 0.15) is 0 Å². The molecule has 0 unspecified atom stereocenters. The van der Waals surface area contributed by atoms with Crippen LogP contribution in [0, 0.1) is 5.41 Å². The standard InChI is InChI=1S/C9H22N3O2P/c1-9(2)7-13-15(14-8-9)12-6-5-11-4-3-10/h11-12H,3-8,10H2,1-2H3. The quantitative estimate of drug-likeness (QED) is 0.460. The summed E-state index contributed by atoms with van der Waals surface area (Å²) in [6.45, 7) is 9.09. The molecule has 1 saturated heterocycles. The van der Waals surface area contributed by atoms with Crippen molar-refractivity contribution in [1.29, 1.82) is 0 Å². The lowest BCUT2D eigenvalue weighted by Gasteiger charge is -2.33. The van der Waals surface area contributed by atoms with Crippen molar-refractivity contribution in [3.05, 3.63) is 0 Å². The summed E-state index contributed by atoms with van der Waals surface area (Å²) in [7, 11) is -0.872. The first-order chi connectivity index (χ1) is 7.14. The molecule has 4 N–H and O–H groups in total. The fourth-order valence-electron chi connectivity index (χ4n) is 1.10. The van der Waals surface area contributed by atoms with Gasteiger partial charge in [0.2, 0.25) is 0 Å². The molecule has 0 aromatic carbocycles. The Hall–Kier alpha value is 0.230. The summed E-state index contributed by atoms with van der Waals surface area (Å²) in [5.74, 6) is 0. The molecule has 0 spiro atoms. The van der Waals surface area contributed by atoms with E-state index in [4.69, 9.17) is 14.8 Å². The Morgan fingerprint density at radius 1 is 1.20 bits per heavy atom. The van der Waals surface area contributed by atoms with Crippen molar-refractivity contribution in [3.63, 3.8) is 0 Å². The first-order valence-corrected chi connectivity index (χ1v) is 6.52. The highest BCUT2D eigenvalue weighted by Crippen LogP contribution is 2.41. The van der Waals surface area contributed by atoms with Gasteiger partial charge in [-0.3, -0.25) is 0 Å². The summed E-state index contributed by atoms with van der Waals surface area (Å²) >= 11 is 0. The molecule has 1 aliphatic heterocycles. The van der Waals surface area contributed by atoms with E-state index in [2.05, 4.69) is 24.3 Å². The molecule has 6 heteroatoms. The van der Waals surface area contributed by atoms with Crippen LogP contribution in [0.2, 0.25) is 0 Å². The maximum absolute atomic E-state index is 5.58. The number of hydrogen-bond acceptors (Lipinski definition) is 5. The molecular formula is C9H22N3O2P. The number of nitrogens with two attached hydrogens (primary N) is 1. The lowest BCUT2D eigenvalue weighted by Crippen LogP contribution is -2.33. The van der Waals surface area contributed by atoms with Gasteiger partial charge in [0.15, 0.2) is 0 Å². The summed E-state index contributed by atoms with van der Waals surface area (Å²) < 4.78 is 11.2. The van der Waals surface area contributed by atoms with Crippen LogP contribution in [0.15, 0.2) is 0 Å². The van der Waals surface area contributed by atoms with Crippen molar-refractivity contribution in [2.75, 3.05) is 39.4 Å². The van der Waals surface area contributed by atoms with E-state index in [0.717, 1.165) is 32.8 Å². The summed E-state index contributed by atoms with van der Waals surface area (Å²) in [6.07, 6.45) is 0. The summed E-state index contributed by atoms with van der Waals surface area (Å²) in [4.78, 5) is 0. The SMILES string of the molecule is CC1(C)COP(NCCNCCN)OC1. The molecule has 90 valence electrons. The predicted molar refractivity (Wildman–Crippen MR) is 62.5 cm³/mol. The van der Waals surface area contributed by atoms with Crippen LogP contribution in [-0.2, 0) is 9.05 Å².